The summed E-state index contributed by atoms with van der Waals surface area (Å²) in [6.07, 6.45) is -22.2. The molecule has 4 rings (SSSR count). The van der Waals surface area contributed by atoms with Gasteiger partial charge in [0.2, 0.25) is 0 Å². The van der Waals surface area contributed by atoms with E-state index in [4.69, 9.17) is 28.6 Å². The average molecular weight is 701 g/mol. The zero-order chi connectivity index (χ0) is 33.9. The van der Waals surface area contributed by atoms with Crippen LogP contribution in [0.25, 0.3) is 0 Å². The van der Waals surface area contributed by atoms with Crippen molar-refractivity contribution in [3.05, 3.63) is 68.8 Å². The summed E-state index contributed by atoms with van der Waals surface area (Å²) < 4.78 is 166. The van der Waals surface area contributed by atoms with E-state index in [9.17, 15) is 52.7 Å². The largest absolute Gasteiger partial charge is 0.573 e. The first kappa shape index (κ1) is 34.7. The number of hydrazine groups is 1. The Morgan fingerprint density at radius 3 is 1.89 bits per heavy atom. The molecular weight excluding hydrogens is 683 g/mol. The number of hydrogen-bond acceptors (Lipinski definition) is 4. The van der Waals surface area contributed by atoms with Gasteiger partial charge in [0.25, 0.3) is 0 Å². The van der Waals surface area contributed by atoms with Crippen LogP contribution >= 0.6 is 23.2 Å². The van der Waals surface area contributed by atoms with Gasteiger partial charge in [-0.05, 0) is 48.6 Å². The van der Waals surface area contributed by atoms with Crippen molar-refractivity contribution in [1.29, 1.82) is 5.41 Å². The van der Waals surface area contributed by atoms with Gasteiger partial charge < -0.3 is 4.74 Å². The lowest BCUT2D eigenvalue weighted by Crippen LogP contribution is -2.45. The van der Waals surface area contributed by atoms with Crippen LogP contribution in [0.5, 0.6) is 5.75 Å². The third-order valence-electron chi connectivity index (χ3n) is 6.87. The van der Waals surface area contributed by atoms with Gasteiger partial charge in [-0.25, -0.2) is 10.0 Å². The van der Waals surface area contributed by atoms with E-state index >= 15 is 0 Å². The number of aliphatic imine (C=N–C) groups is 1. The summed E-state index contributed by atoms with van der Waals surface area (Å²) in [6.45, 7) is 0.778. The summed E-state index contributed by atoms with van der Waals surface area (Å²) in [5.41, 5.74) is -6.69. The van der Waals surface area contributed by atoms with Crippen molar-refractivity contribution in [2.75, 3.05) is 5.01 Å². The Morgan fingerprint density at radius 2 is 1.42 bits per heavy atom. The molecule has 2 aromatic rings. The number of rotatable bonds is 4. The Balaban J connectivity index is 1.97. The lowest BCUT2D eigenvalue weighted by molar-refractivity contribution is -0.274. The molecular formula is C26H18Cl2F12N4O. The molecule has 0 bridgehead atoms. The van der Waals surface area contributed by atoms with E-state index in [1.807, 2.05) is 0 Å². The number of benzene rings is 2. The minimum Gasteiger partial charge on any atom is -0.406 e. The Labute approximate surface area is 256 Å². The number of amidine groups is 1. The van der Waals surface area contributed by atoms with E-state index in [0.29, 0.717) is 17.1 Å². The van der Waals surface area contributed by atoms with Gasteiger partial charge in [-0.1, -0.05) is 42.3 Å². The van der Waals surface area contributed by atoms with Crippen LogP contribution in [0.3, 0.4) is 0 Å². The Bertz CT molecular complexity index is 1510. The van der Waals surface area contributed by atoms with Crippen molar-refractivity contribution in [2.24, 2.45) is 10.9 Å². The Morgan fingerprint density at radius 1 is 0.867 bits per heavy atom. The first-order chi connectivity index (χ1) is 20.5. The van der Waals surface area contributed by atoms with Crippen LogP contribution in [0.2, 0.25) is 10.0 Å². The molecule has 2 atom stereocenters. The molecule has 2 heterocycles. The maximum atomic E-state index is 14.4. The number of allylic oxidation sites excluding steroid dienone is 1. The number of alkyl halides is 12. The van der Waals surface area contributed by atoms with Crippen molar-refractivity contribution < 1.29 is 57.4 Å². The number of nitrogens with zero attached hydrogens (tertiary/aromatic N) is 3. The van der Waals surface area contributed by atoms with Gasteiger partial charge in [-0.15, -0.1) is 13.2 Å². The van der Waals surface area contributed by atoms with Gasteiger partial charge in [-0.3, -0.25) is 10.4 Å². The van der Waals surface area contributed by atoms with E-state index in [1.54, 1.807) is 0 Å². The highest BCUT2D eigenvalue weighted by atomic mass is 35.5. The molecule has 5 nitrogen and oxygen atoms in total. The molecule has 2 unspecified atom stereocenters. The smallest absolute Gasteiger partial charge is 0.406 e. The van der Waals surface area contributed by atoms with Crippen molar-refractivity contribution in [2.45, 2.75) is 57.2 Å². The quantitative estimate of drug-likeness (QED) is 0.323. The number of ether oxygens (including phenoxy) is 1. The molecule has 1 saturated heterocycles. The molecule has 45 heavy (non-hydrogen) atoms. The van der Waals surface area contributed by atoms with Crippen molar-refractivity contribution in [1.82, 2.24) is 5.01 Å². The second-order valence-electron chi connectivity index (χ2n) is 10.0. The number of nitrogens with one attached hydrogen (secondary N) is 1. The zero-order valence-corrected chi connectivity index (χ0v) is 23.8. The third-order valence-corrected chi connectivity index (χ3v) is 7.45. The number of fused-ring (bicyclic) bond motifs is 1. The molecule has 0 radical (unpaired) electrons. The highest BCUT2D eigenvalue weighted by Gasteiger charge is 2.53. The monoisotopic (exact) mass is 700 g/mol. The fraction of sp³-hybridized carbons (Fsp3) is 0.385. The molecule has 2 aromatic carbocycles. The predicted octanol–water partition coefficient (Wildman–Crippen LogP) is 9.74. The summed E-state index contributed by atoms with van der Waals surface area (Å²) in [6, 6.07) is 3.18. The Hall–Kier alpha value is -3.18. The van der Waals surface area contributed by atoms with Crippen LogP contribution in [0.4, 0.5) is 58.4 Å². The fourth-order valence-corrected chi connectivity index (χ4v) is 5.65. The van der Waals surface area contributed by atoms with Gasteiger partial charge in [-0.2, -0.15) is 39.5 Å². The lowest BCUT2D eigenvalue weighted by Gasteiger charge is -2.36. The van der Waals surface area contributed by atoms with E-state index in [0.717, 1.165) is 29.3 Å². The molecule has 2 aliphatic rings. The van der Waals surface area contributed by atoms with Gasteiger partial charge in [0.15, 0.2) is 5.70 Å². The van der Waals surface area contributed by atoms with Crippen molar-refractivity contribution in [3.8, 4) is 5.75 Å². The molecule has 1 N–H and O–H groups in total. The summed E-state index contributed by atoms with van der Waals surface area (Å²) in [7, 11) is 0. The van der Waals surface area contributed by atoms with E-state index < -0.39 is 106 Å². The summed E-state index contributed by atoms with van der Waals surface area (Å²) >= 11 is 12.3. The van der Waals surface area contributed by atoms with Crippen LogP contribution in [0.1, 0.15) is 30.9 Å². The number of hydrogen-bond donors (Lipinski definition) is 1. The molecule has 19 heteroatoms. The summed E-state index contributed by atoms with van der Waals surface area (Å²) in [4.78, 5) is 2.93. The normalized spacial score (nSPS) is 22.2. The van der Waals surface area contributed by atoms with Crippen molar-refractivity contribution in [3.63, 3.8) is 0 Å². The second kappa shape index (κ2) is 11.9. The number of halogens is 14. The van der Waals surface area contributed by atoms with E-state index in [-0.39, 0.29) is 5.56 Å². The highest BCUT2D eigenvalue weighted by Crippen LogP contribution is 2.48. The molecule has 0 aliphatic carbocycles. The standard InChI is InChI=1S/C26H18Cl2F12N4O/c1-11-2-7-17(24(32,33)34)42-21(25(35,36)37)18-19(11)43(10-12-3-5-14(6-4-12)45-26(38,39)40)44(22(18)41)20-15(27)8-13(9-16(20)28)23(29,30)31/h3-6,8-9,11,19,41H,2,7,10H2,1H3/b21-18+,41-22?,42-17?. The van der Waals surface area contributed by atoms with Crippen LogP contribution in [-0.2, 0) is 12.7 Å². The minimum atomic E-state index is -5.54. The minimum absolute atomic E-state index is 0.102. The molecule has 0 amide bonds. The topological polar surface area (TPSA) is 51.9 Å². The average Bonchev–Trinajstić information content (AvgIpc) is 3.11. The molecule has 0 aromatic heterocycles. The second-order valence-corrected chi connectivity index (χ2v) is 10.8. The number of anilines is 1. The summed E-state index contributed by atoms with van der Waals surface area (Å²) in [5.74, 6) is -2.87. The molecule has 0 spiro atoms. The maximum Gasteiger partial charge on any atom is 0.573 e. The lowest BCUT2D eigenvalue weighted by atomic mass is 9.87. The van der Waals surface area contributed by atoms with Gasteiger partial charge in [0, 0.05) is 12.1 Å². The predicted molar refractivity (Wildman–Crippen MR) is 139 cm³/mol. The highest BCUT2D eigenvalue weighted by molar-refractivity contribution is 6.40. The Kier molecular flexibility index (Phi) is 9.16. The van der Waals surface area contributed by atoms with Crippen LogP contribution in [0.15, 0.2) is 52.7 Å². The van der Waals surface area contributed by atoms with E-state index in [2.05, 4.69) is 9.73 Å². The first-order valence-corrected chi connectivity index (χ1v) is 13.3. The fourth-order valence-electron chi connectivity index (χ4n) is 5.01. The van der Waals surface area contributed by atoms with E-state index in [1.165, 1.54) is 6.92 Å². The molecule has 1 fully saturated rings. The van der Waals surface area contributed by atoms with Crippen LogP contribution in [0, 0.1) is 11.3 Å². The van der Waals surface area contributed by atoms with Crippen LogP contribution in [-0.4, -0.2) is 41.3 Å². The zero-order valence-electron chi connectivity index (χ0n) is 22.3. The maximum absolute atomic E-state index is 14.4. The molecule has 246 valence electrons. The summed E-state index contributed by atoms with van der Waals surface area (Å²) in [5, 5.41) is 8.87. The third kappa shape index (κ3) is 7.46. The molecule has 0 saturated carbocycles. The van der Waals surface area contributed by atoms with Crippen LogP contribution < -0.4 is 9.75 Å². The SMILES string of the molecule is CC1CCC(C(F)(F)F)=N/C(C(F)(F)F)=C2/C(=N)N(c3c(Cl)cc(C(F)(F)F)cc3Cl)N(Cc3ccc(OC(F)(F)F)cc3)C21. The van der Waals surface area contributed by atoms with Crippen molar-refractivity contribution >= 4 is 40.4 Å². The molecule has 2 aliphatic heterocycles. The van der Waals surface area contributed by atoms with Gasteiger partial charge in [0.05, 0.1) is 27.3 Å². The van der Waals surface area contributed by atoms with Gasteiger partial charge in [0.1, 0.15) is 17.3 Å². The first-order valence-electron chi connectivity index (χ1n) is 12.5. The van der Waals surface area contributed by atoms with Gasteiger partial charge >= 0.3 is 24.9 Å².